The number of hydrogen-bond donors (Lipinski definition) is 1. The minimum absolute atomic E-state index is 0.766. The number of fused-ring (bicyclic) bond motifs is 1. The lowest BCUT2D eigenvalue weighted by Crippen LogP contribution is -2.51. The molecular formula is C16H24N2O. The van der Waals surface area contributed by atoms with Crippen molar-refractivity contribution in [1.82, 2.24) is 10.2 Å². The van der Waals surface area contributed by atoms with Crippen LogP contribution in [0.3, 0.4) is 0 Å². The number of nitrogens with one attached hydrogen (secondary N) is 1. The van der Waals surface area contributed by atoms with E-state index in [4.69, 9.17) is 4.74 Å². The van der Waals surface area contributed by atoms with Crippen molar-refractivity contribution < 1.29 is 4.74 Å². The average molecular weight is 260 g/mol. The first-order chi connectivity index (χ1) is 9.36. The molecule has 3 nitrogen and oxygen atoms in total. The lowest BCUT2D eigenvalue weighted by atomic mass is 9.85. The van der Waals surface area contributed by atoms with E-state index in [9.17, 15) is 0 Å². The van der Waals surface area contributed by atoms with Gasteiger partial charge in [-0.05, 0) is 44.3 Å². The minimum Gasteiger partial charge on any atom is -0.496 e. The summed E-state index contributed by atoms with van der Waals surface area (Å²) in [6.45, 7) is 4.67. The van der Waals surface area contributed by atoms with Gasteiger partial charge >= 0.3 is 0 Å². The quantitative estimate of drug-likeness (QED) is 0.902. The molecule has 2 aliphatic heterocycles. The zero-order chi connectivity index (χ0) is 13.1. The number of para-hydroxylation sites is 1. The molecule has 0 aliphatic carbocycles. The fourth-order valence-corrected chi connectivity index (χ4v) is 3.54. The molecule has 0 bridgehead atoms. The first kappa shape index (κ1) is 12.9. The van der Waals surface area contributed by atoms with Crippen LogP contribution >= 0.6 is 0 Å². The second kappa shape index (κ2) is 5.93. The van der Waals surface area contributed by atoms with E-state index in [-0.39, 0.29) is 0 Å². The predicted molar refractivity (Wildman–Crippen MR) is 77.4 cm³/mol. The molecule has 2 fully saturated rings. The van der Waals surface area contributed by atoms with Gasteiger partial charge in [-0.3, -0.25) is 4.90 Å². The molecule has 0 spiro atoms. The molecule has 1 aromatic carbocycles. The topological polar surface area (TPSA) is 24.5 Å². The highest BCUT2D eigenvalue weighted by Crippen LogP contribution is 2.27. The fraction of sp³-hybridized carbons (Fsp3) is 0.625. The summed E-state index contributed by atoms with van der Waals surface area (Å²) in [5.41, 5.74) is 1.31. The number of benzene rings is 1. The third-order valence-corrected chi connectivity index (χ3v) is 4.56. The summed E-state index contributed by atoms with van der Waals surface area (Å²) < 4.78 is 5.45. The Morgan fingerprint density at radius 2 is 2.21 bits per heavy atom. The zero-order valence-electron chi connectivity index (χ0n) is 11.8. The van der Waals surface area contributed by atoms with Crippen LogP contribution in [0.25, 0.3) is 0 Å². The Morgan fingerprint density at radius 1 is 1.32 bits per heavy atom. The molecule has 0 saturated carbocycles. The SMILES string of the molecule is COc1ccccc1CN1CCC2NCCCC2C1. The third kappa shape index (κ3) is 2.93. The van der Waals surface area contributed by atoms with Gasteiger partial charge in [0.1, 0.15) is 5.75 Å². The van der Waals surface area contributed by atoms with E-state index in [1.807, 2.05) is 6.07 Å². The maximum Gasteiger partial charge on any atom is 0.123 e. The number of ether oxygens (including phenoxy) is 1. The molecular weight excluding hydrogens is 236 g/mol. The maximum atomic E-state index is 5.45. The Bertz CT molecular complexity index is 421. The van der Waals surface area contributed by atoms with Gasteiger partial charge in [0, 0.05) is 24.7 Å². The minimum atomic E-state index is 0.766. The van der Waals surface area contributed by atoms with Crippen LogP contribution < -0.4 is 10.1 Å². The Labute approximate surface area is 115 Å². The van der Waals surface area contributed by atoms with Gasteiger partial charge in [-0.1, -0.05) is 18.2 Å². The molecule has 0 radical (unpaired) electrons. The second-order valence-electron chi connectivity index (χ2n) is 5.80. The molecule has 0 aromatic heterocycles. The normalized spacial score (nSPS) is 27.8. The molecule has 104 valence electrons. The molecule has 2 saturated heterocycles. The Hall–Kier alpha value is -1.06. The Morgan fingerprint density at radius 3 is 3.11 bits per heavy atom. The second-order valence-corrected chi connectivity index (χ2v) is 5.80. The highest BCUT2D eigenvalue weighted by molar-refractivity contribution is 5.33. The van der Waals surface area contributed by atoms with Gasteiger partial charge in [0.05, 0.1) is 7.11 Å². The molecule has 19 heavy (non-hydrogen) atoms. The number of piperidine rings is 2. The molecule has 3 rings (SSSR count). The van der Waals surface area contributed by atoms with Gasteiger partial charge in [0.15, 0.2) is 0 Å². The summed E-state index contributed by atoms with van der Waals surface area (Å²) in [6, 6.07) is 9.16. The van der Waals surface area contributed by atoms with Crippen LogP contribution in [0.2, 0.25) is 0 Å². The van der Waals surface area contributed by atoms with E-state index in [0.29, 0.717) is 0 Å². The van der Waals surface area contributed by atoms with Crippen molar-refractivity contribution in [2.24, 2.45) is 5.92 Å². The van der Waals surface area contributed by atoms with Crippen molar-refractivity contribution >= 4 is 0 Å². The van der Waals surface area contributed by atoms with Gasteiger partial charge in [0.25, 0.3) is 0 Å². The molecule has 3 heteroatoms. The summed E-state index contributed by atoms with van der Waals surface area (Å²) in [5, 5.41) is 3.68. The monoisotopic (exact) mass is 260 g/mol. The number of methoxy groups -OCH3 is 1. The van der Waals surface area contributed by atoms with Crippen LogP contribution in [0.4, 0.5) is 0 Å². The number of hydrogen-bond acceptors (Lipinski definition) is 3. The van der Waals surface area contributed by atoms with Crippen LogP contribution in [0.5, 0.6) is 5.75 Å². The van der Waals surface area contributed by atoms with Crippen molar-refractivity contribution in [1.29, 1.82) is 0 Å². The van der Waals surface area contributed by atoms with Gasteiger partial charge < -0.3 is 10.1 Å². The van der Waals surface area contributed by atoms with E-state index in [1.165, 1.54) is 44.5 Å². The van der Waals surface area contributed by atoms with E-state index in [1.54, 1.807) is 7.11 Å². The standard InChI is InChI=1S/C16H24N2O/c1-19-16-7-3-2-5-14(16)12-18-10-8-15-13(11-18)6-4-9-17-15/h2-3,5,7,13,15,17H,4,6,8-12H2,1H3. The summed E-state index contributed by atoms with van der Waals surface area (Å²) in [7, 11) is 1.76. The van der Waals surface area contributed by atoms with E-state index < -0.39 is 0 Å². The first-order valence-corrected chi connectivity index (χ1v) is 7.44. The van der Waals surface area contributed by atoms with Crippen molar-refractivity contribution in [3.63, 3.8) is 0 Å². The van der Waals surface area contributed by atoms with Crippen LogP contribution in [-0.4, -0.2) is 37.7 Å². The average Bonchev–Trinajstić information content (AvgIpc) is 2.48. The van der Waals surface area contributed by atoms with Gasteiger partial charge in [-0.25, -0.2) is 0 Å². The van der Waals surface area contributed by atoms with Gasteiger partial charge in [-0.15, -0.1) is 0 Å². The summed E-state index contributed by atoms with van der Waals surface area (Å²) in [4.78, 5) is 2.59. The van der Waals surface area contributed by atoms with E-state index in [2.05, 4.69) is 28.4 Å². The van der Waals surface area contributed by atoms with E-state index in [0.717, 1.165) is 24.3 Å². The van der Waals surface area contributed by atoms with Crippen molar-refractivity contribution in [2.75, 3.05) is 26.7 Å². The Balaban J connectivity index is 1.64. The molecule has 0 amide bonds. The summed E-state index contributed by atoms with van der Waals surface area (Å²) in [5.74, 6) is 1.86. The Kier molecular flexibility index (Phi) is 4.04. The predicted octanol–water partition coefficient (Wildman–Crippen LogP) is 2.27. The number of nitrogens with zero attached hydrogens (tertiary/aromatic N) is 1. The van der Waals surface area contributed by atoms with Crippen LogP contribution in [-0.2, 0) is 6.54 Å². The van der Waals surface area contributed by atoms with Gasteiger partial charge in [-0.2, -0.15) is 0 Å². The smallest absolute Gasteiger partial charge is 0.123 e. The molecule has 2 atom stereocenters. The van der Waals surface area contributed by atoms with Crippen LogP contribution in [0.15, 0.2) is 24.3 Å². The highest BCUT2D eigenvalue weighted by atomic mass is 16.5. The molecule has 1 N–H and O–H groups in total. The van der Waals surface area contributed by atoms with Crippen molar-refractivity contribution in [3.05, 3.63) is 29.8 Å². The number of likely N-dealkylation sites (tertiary alicyclic amines) is 1. The molecule has 1 aromatic rings. The van der Waals surface area contributed by atoms with Crippen molar-refractivity contribution in [2.45, 2.75) is 31.8 Å². The maximum absolute atomic E-state index is 5.45. The van der Waals surface area contributed by atoms with Crippen molar-refractivity contribution in [3.8, 4) is 5.75 Å². The highest BCUT2D eigenvalue weighted by Gasteiger charge is 2.30. The molecule has 2 unspecified atom stereocenters. The largest absolute Gasteiger partial charge is 0.496 e. The van der Waals surface area contributed by atoms with E-state index >= 15 is 0 Å². The zero-order valence-corrected chi connectivity index (χ0v) is 11.8. The van der Waals surface area contributed by atoms with Crippen LogP contribution in [0.1, 0.15) is 24.8 Å². The lowest BCUT2D eigenvalue weighted by Gasteiger charge is -2.41. The molecule has 2 aliphatic rings. The third-order valence-electron chi connectivity index (χ3n) is 4.56. The lowest BCUT2D eigenvalue weighted by molar-refractivity contribution is 0.108. The summed E-state index contributed by atoms with van der Waals surface area (Å²) in [6.07, 6.45) is 4.02. The van der Waals surface area contributed by atoms with Gasteiger partial charge in [0.2, 0.25) is 0 Å². The molecule has 2 heterocycles. The first-order valence-electron chi connectivity index (χ1n) is 7.44. The summed E-state index contributed by atoms with van der Waals surface area (Å²) >= 11 is 0. The van der Waals surface area contributed by atoms with Crippen LogP contribution in [0, 0.1) is 5.92 Å². The number of rotatable bonds is 3. The fourth-order valence-electron chi connectivity index (χ4n) is 3.54.